The molecule has 0 aromatic carbocycles. The van der Waals surface area contributed by atoms with Crippen molar-refractivity contribution < 1.29 is 4.79 Å². The lowest BCUT2D eigenvalue weighted by Gasteiger charge is -2.30. The fourth-order valence-electron chi connectivity index (χ4n) is 3.26. The average Bonchev–Trinajstić information content (AvgIpc) is 2.90. The lowest BCUT2D eigenvalue weighted by Crippen LogP contribution is -2.33. The summed E-state index contributed by atoms with van der Waals surface area (Å²) in [6.45, 7) is 2.06. The number of nitrogens with one attached hydrogen (secondary N) is 2. The van der Waals surface area contributed by atoms with E-state index in [1.807, 2.05) is 12.3 Å². The number of amides is 1. The summed E-state index contributed by atoms with van der Waals surface area (Å²) in [6, 6.07) is 2.06. The van der Waals surface area contributed by atoms with Crippen LogP contribution in [0.15, 0.2) is 22.9 Å². The molecule has 0 aliphatic heterocycles. The number of nitrogens with zero attached hydrogens (tertiary/aromatic N) is 1. The number of nitrogens with two attached hydrogens (primary N) is 1. The Bertz CT molecular complexity index is 674. The molecule has 1 aliphatic carbocycles. The zero-order chi connectivity index (χ0) is 15.7. The second-order valence-electron chi connectivity index (χ2n) is 6.18. The van der Waals surface area contributed by atoms with Crippen LogP contribution in [0.1, 0.15) is 32.6 Å². The molecule has 1 aliphatic rings. The second-order valence-corrected chi connectivity index (χ2v) is 7.03. The number of aromatic amines is 1. The Kier molecular flexibility index (Phi) is 4.49. The highest BCUT2D eigenvalue weighted by molar-refractivity contribution is 9.10. The Balaban J connectivity index is 1.70. The van der Waals surface area contributed by atoms with Gasteiger partial charge in [-0.15, -0.1) is 0 Å². The Morgan fingerprint density at radius 2 is 2.18 bits per heavy atom. The molecular weight excluding hydrogens is 344 g/mol. The molecule has 0 saturated heterocycles. The van der Waals surface area contributed by atoms with E-state index in [4.69, 9.17) is 5.73 Å². The molecule has 2 aromatic heterocycles. The van der Waals surface area contributed by atoms with Gasteiger partial charge >= 0.3 is 0 Å². The second kappa shape index (κ2) is 6.38. The predicted molar refractivity (Wildman–Crippen MR) is 91.5 cm³/mol. The predicted octanol–water partition coefficient (Wildman–Crippen LogP) is 3.42. The van der Waals surface area contributed by atoms with E-state index in [1.165, 1.54) is 0 Å². The van der Waals surface area contributed by atoms with Gasteiger partial charge in [0, 0.05) is 28.8 Å². The van der Waals surface area contributed by atoms with Gasteiger partial charge in [-0.3, -0.25) is 4.79 Å². The molecular formula is C16H21BrN4O. The van der Waals surface area contributed by atoms with E-state index >= 15 is 0 Å². The third kappa shape index (κ3) is 3.03. The normalized spacial score (nSPS) is 23.4. The van der Waals surface area contributed by atoms with E-state index in [2.05, 4.69) is 38.1 Å². The Hall–Kier alpha value is -1.40. The van der Waals surface area contributed by atoms with Crippen molar-refractivity contribution in [2.75, 3.05) is 5.32 Å². The molecule has 0 unspecified atom stereocenters. The molecule has 2 heterocycles. The summed E-state index contributed by atoms with van der Waals surface area (Å²) >= 11 is 3.49. The van der Waals surface area contributed by atoms with Gasteiger partial charge in [-0.2, -0.15) is 0 Å². The van der Waals surface area contributed by atoms with Crippen LogP contribution in [0, 0.1) is 11.8 Å². The van der Waals surface area contributed by atoms with Crippen LogP contribution in [-0.2, 0) is 4.79 Å². The van der Waals surface area contributed by atoms with Crippen molar-refractivity contribution in [1.29, 1.82) is 0 Å². The number of carbonyl (C=O) groups excluding carboxylic acids is 1. The largest absolute Gasteiger partial charge is 0.345 e. The maximum absolute atomic E-state index is 12.5. The molecule has 1 fully saturated rings. The maximum atomic E-state index is 12.5. The zero-order valence-electron chi connectivity index (χ0n) is 12.6. The Labute approximate surface area is 138 Å². The molecule has 0 bridgehead atoms. The molecule has 1 atom stereocenters. The monoisotopic (exact) mass is 364 g/mol. The highest BCUT2D eigenvalue weighted by Crippen LogP contribution is 2.33. The number of hydrogen-bond donors (Lipinski definition) is 3. The Morgan fingerprint density at radius 3 is 2.86 bits per heavy atom. The lowest BCUT2D eigenvalue weighted by atomic mass is 9.79. The summed E-state index contributed by atoms with van der Waals surface area (Å²) in [5.41, 5.74) is 7.54. The van der Waals surface area contributed by atoms with Gasteiger partial charge in [-0.05, 0) is 60.5 Å². The van der Waals surface area contributed by atoms with E-state index in [-0.39, 0.29) is 17.9 Å². The molecule has 2 aromatic rings. The van der Waals surface area contributed by atoms with Crippen LogP contribution < -0.4 is 11.1 Å². The van der Waals surface area contributed by atoms with Gasteiger partial charge < -0.3 is 16.0 Å². The molecule has 5 nitrogen and oxygen atoms in total. The average molecular weight is 365 g/mol. The molecule has 3 rings (SSSR count). The van der Waals surface area contributed by atoms with E-state index < -0.39 is 0 Å². The molecule has 1 amide bonds. The molecule has 6 heteroatoms. The zero-order valence-corrected chi connectivity index (χ0v) is 14.2. The van der Waals surface area contributed by atoms with E-state index in [0.29, 0.717) is 5.92 Å². The van der Waals surface area contributed by atoms with Crippen molar-refractivity contribution in [3.05, 3.63) is 22.9 Å². The van der Waals surface area contributed by atoms with Crippen molar-refractivity contribution >= 4 is 38.6 Å². The van der Waals surface area contributed by atoms with Crippen LogP contribution in [0.4, 0.5) is 5.69 Å². The first-order valence-electron chi connectivity index (χ1n) is 7.74. The van der Waals surface area contributed by atoms with E-state index in [0.717, 1.165) is 46.9 Å². The third-order valence-corrected chi connectivity index (χ3v) is 5.29. The first kappa shape index (κ1) is 15.5. The molecule has 4 N–H and O–H groups in total. The van der Waals surface area contributed by atoms with Crippen molar-refractivity contribution in [2.24, 2.45) is 17.6 Å². The summed E-state index contributed by atoms with van der Waals surface area (Å²) < 4.78 is 0.909. The number of aromatic nitrogens is 2. The van der Waals surface area contributed by atoms with Gasteiger partial charge in [-0.1, -0.05) is 0 Å². The number of fused-ring (bicyclic) bond motifs is 1. The number of pyridine rings is 1. The number of H-pyrrole nitrogens is 1. The van der Waals surface area contributed by atoms with Gasteiger partial charge in [0.05, 0.1) is 11.1 Å². The van der Waals surface area contributed by atoms with Crippen molar-refractivity contribution in [1.82, 2.24) is 9.97 Å². The van der Waals surface area contributed by atoms with Crippen LogP contribution >= 0.6 is 15.9 Å². The molecule has 1 saturated carbocycles. The van der Waals surface area contributed by atoms with Gasteiger partial charge in [0.25, 0.3) is 0 Å². The molecule has 0 radical (unpaired) electrons. The fraction of sp³-hybridized carbons (Fsp3) is 0.500. The van der Waals surface area contributed by atoms with Crippen LogP contribution in [-0.4, -0.2) is 21.9 Å². The molecule has 118 valence electrons. The minimum atomic E-state index is 0.0796. The highest BCUT2D eigenvalue weighted by atomic mass is 79.9. The SMILES string of the molecule is C[C@@H](N)[C@H]1CC[C@H](C(=O)Nc2ccnc3[nH]cc(Br)c23)CC1. The standard InChI is InChI=1S/C16H21BrN4O/c1-9(18)10-2-4-11(5-3-10)16(22)21-13-6-7-19-15-14(13)12(17)8-20-15/h6-11H,2-5,18H2,1H3,(H2,19,20,21,22)/t9-,10-,11-/m1/s1. The number of hydrogen-bond acceptors (Lipinski definition) is 3. The number of halogens is 1. The van der Waals surface area contributed by atoms with Crippen LogP contribution in [0.5, 0.6) is 0 Å². The van der Waals surface area contributed by atoms with Crippen LogP contribution in [0.25, 0.3) is 11.0 Å². The first-order chi connectivity index (χ1) is 10.6. The summed E-state index contributed by atoms with van der Waals surface area (Å²) in [5, 5.41) is 3.98. The molecule has 0 spiro atoms. The summed E-state index contributed by atoms with van der Waals surface area (Å²) in [5.74, 6) is 0.732. The smallest absolute Gasteiger partial charge is 0.227 e. The maximum Gasteiger partial charge on any atom is 0.227 e. The summed E-state index contributed by atoms with van der Waals surface area (Å²) in [4.78, 5) is 19.9. The number of anilines is 1. The topological polar surface area (TPSA) is 83.8 Å². The quantitative estimate of drug-likeness (QED) is 0.779. The van der Waals surface area contributed by atoms with E-state index in [1.54, 1.807) is 6.20 Å². The van der Waals surface area contributed by atoms with Gasteiger partial charge in [0.1, 0.15) is 5.65 Å². The fourth-order valence-corrected chi connectivity index (χ4v) is 3.78. The first-order valence-corrected chi connectivity index (χ1v) is 8.53. The lowest BCUT2D eigenvalue weighted by molar-refractivity contribution is -0.121. The Morgan fingerprint density at radius 1 is 1.45 bits per heavy atom. The van der Waals surface area contributed by atoms with Gasteiger partial charge in [0.15, 0.2) is 0 Å². The minimum Gasteiger partial charge on any atom is -0.345 e. The number of carbonyl (C=O) groups is 1. The van der Waals surface area contributed by atoms with Crippen molar-refractivity contribution in [3.63, 3.8) is 0 Å². The summed E-state index contributed by atoms with van der Waals surface area (Å²) in [6.07, 6.45) is 7.45. The van der Waals surface area contributed by atoms with E-state index in [9.17, 15) is 4.79 Å². The molecule has 22 heavy (non-hydrogen) atoms. The van der Waals surface area contributed by atoms with Crippen molar-refractivity contribution in [3.8, 4) is 0 Å². The van der Waals surface area contributed by atoms with Crippen LogP contribution in [0.2, 0.25) is 0 Å². The summed E-state index contributed by atoms with van der Waals surface area (Å²) in [7, 11) is 0. The van der Waals surface area contributed by atoms with Crippen molar-refractivity contribution in [2.45, 2.75) is 38.6 Å². The minimum absolute atomic E-state index is 0.0796. The van der Waals surface area contributed by atoms with Crippen LogP contribution in [0.3, 0.4) is 0 Å². The van der Waals surface area contributed by atoms with Gasteiger partial charge in [-0.25, -0.2) is 4.98 Å². The third-order valence-electron chi connectivity index (χ3n) is 4.67. The number of rotatable bonds is 3. The van der Waals surface area contributed by atoms with Gasteiger partial charge in [0.2, 0.25) is 5.91 Å². The highest BCUT2D eigenvalue weighted by Gasteiger charge is 2.28.